The summed E-state index contributed by atoms with van der Waals surface area (Å²) in [6.45, 7) is 6.63. The fourth-order valence-electron chi connectivity index (χ4n) is 1.74. The highest BCUT2D eigenvalue weighted by Crippen LogP contribution is 2.26. The number of rotatable bonds is 5. The summed E-state index contributed by atoms with van der Waals surface area (Å²) in [6, 6.07) is 0. The summed E-state index contributed by atoms with van der Waals surface area (Å²) < 4.78 is 0. The Morgan fingerprint density at radius 3 is 1.73 bits per heavy atom. The molecule has 0 amide bonds. The first kappa shape index (κ1) is 11.0. The molecule has 0 fully saturated rings. The molecule has 0 aliphatic rings. The molecule has 0 aromatic rings. The lowest BCUT2D eigenvalue weighted by Crippen LogP contribution is -2.43. The van der Waals surface area contributed by atoms with Crippen LogP contribution in [0, 0.1) is 0 Å². The third kappa shape index (κ3) is 2.51. The van der Waals surface area contributed by atoms with Crippen molar-refractivity contribution in [3.63, 3.8) is 0 Å². The predicted octanol–water partition coefficient (Wildman–Crippen LogP) is 2.36. The number of hydrogen-bond donors (Lipinski definition) is 0. The smallest absolute Gasteiger partial charge is 0.182 e. The van der Waals surface area contributed by atoms with Gasteiger partial charge in [0.25, 0.3) is 0 Å². The molecular formula is C9H20BN. The van der Waals surface area contributed by atoms with Crippen LogP contribution in [0.3, 0.4) is 0 Å². The van der Waals surface area contributed by atoms with Gasteiger partial charge in [0, 0.05) is 5.54 Å². The molecule has 0 bridgehead atoms. The second-order valence-corrected chi connectivity index (χ2v) is 3.29. The van der Waals surface area contributed by atoms with Gasteiger partial charge in [0.05, 0.1) is 0 Å². The summed E-state index contributed by atoms with van der Waals surface area (Å²) in [5.41, 5.74) is 0.245. The minimum Gasteiger partial charge on any atom is -0.351 e. The van der Waals surface area contributed by atoms with Gasteiger partial charge in [0.1, 0.15) is 0 Å². The highest BCUT2D eigenvalue weighted by atomic mass is 15.1. The van der Waals surface area contributed by atoms with E-state index < -0.39 is 0 Å². The van der Waals surface area contributed by atoms with Gasteiger partial charge in [0.15, 0.2) is 7.98 Å². The minimum absolute atomic E-state index is 0.245. The number of nitrogens with zero attached hydrogens (tertiary/aromatic N) is 1. The summed E-state index contributed by atoms with van der Waals surface area (Å²) in [5.74, 6) is 0. The Labute approximate surface area is 72.6 Å². The normalized spacial score (nSPS) is 12.5. The van der Waals surface area contributed by atoms with Gasteiger partial charge in [0.2, 0.25) is 0 Å². The van der Waals surface area contributed by atoms with E-state index in [2.05, 4.69) is 20.8 Å². The molecule has 0 rings (SSSR count). The molecule has 0 spiro atoms. The molecule has 0 N–H and O–H groups in total. The van der Waals surface area contributed by atoms with Gasteiger partial charge >= 0.3 is 0 Å². The van der Waals surface area contributed by atoms with Crippen molar-refractivity contribution in [3.05, 3.63) is 0 Å². The Hall–Kier alpha value is 0.0249. The van der Waals surface area contributed by atoms with Crippen molar-refractivity contribution in [2.24, 2.45) is 0 Å². The summed E-state index contributed by atoms with van der Waals surface area (Å²) in [5, 5.41) is 0. The summed E-state index contributed by atoms with van der Waals surface area (Å²) in [6.07, 6.45) is 4.70. The quantitative estimate of drug-likeness (QED) is 0.548. The molecule has 0 heterocycles. The molecule has 1 nitrogen and oxygen atoms in total. The van der Waals surface area contributed by atoms with Crippen LogP contribution in [-0.2, 0) is 0 Å². The first-order chi connectivity index (χ1) is 5.13. The third-order valence-electron chi connectivity index (χ3n) is 2.78. The molecule has 0 saturated carbocycles. The van der Waals surface area contributed by atoms with Gasteiger partial charge in [-0.25, -0.2) is 0 Å². The first-order valence-electron chi connectivity index (χ1n) is 4.61. The van der Waals surface area contributed by atoms with Crippen LogP contribution < -0.4 is 0 Å². The predicted molar refractivity (Wildman–Crippen MR) is 51.7 cm³/mol. The lowest BCUT2D eigenvalue weighted by molar-refractivity contribution is 0.188. The molecule has 0 aliphatic heterocycles. The fraction of sp³-hybridized carbons (Fsp3) is 1.00. The molecule has 0 atom stereocenters. The molecule has 11 heavy (non-hydrogen) atoms. The van der Waals surface area contributed by atoms with Crippen molar-refractivity contribution < 1.29 is 0 Å². The van der Waals surface area contributed by atoms with Crippen LogP contribution in [0.5, 0.6) is 0 Å². The molecule has 2 heteroatoms. The molecule has 0 aromatic heterocycles. The Kier molecular flexibility index (Phi) is 4.82. The molecule has 0 aliphatic carbocycles. The third-order valence-corrected chi connectivity index (χ3v) is 2.78. The maximum Gasteiger partial charge on any atom is 0.182 e. The molecule has 0 saturated heterocycles. The van der Waals surface area contributed by atoms with Crippen LogP contribution in [0.4, 0.5) is 0 Å². The summed E-state index contributed by atoms with van der Waals surface area (Å²) in [4.78, 5) is 1.89. The Morgan fingerprint density at radius 2 is 1.64 bits per heavy atom. The lowest BCUT2D eigenvalue weighted by Gasteiger charge is -2.39. The zero-order chi connectivity index (χ0) is 8.91. The molecule has 0 aromatic carbocycles. The maximum absolute atomic E-state index is 5.81. The number of hydrogen-bond acceptors (Lipinski definition) is 1. The minimum atomic E-state index is 0.245. The van der Waals surface area contributed by atoms with E-state index in [1.54, 1.807) is 0 Å². The van der Waals surface area contributed by atoms with Crippen LogP contribution in [0.2, 0.25) is 0 Å². The van der Waals surface area contributed by atoms with E-state index in [4.69, 9.17) is 7.98 Å². The van der Waals surface area contributed by atoms with Crippen LogP contribution in [0.15, 0.2) is 0 Å². The van der Waals surface area contributed by atoms with Gasteiger partial charge in [-0.2, -0.15) is 0 Å². The molecule has 0 unspecified atom stereocenters. The van der Waals surface area contributed by atoms with E-state index >= 15 is 0 Å². The van der Waals surface area contributed by atoms with Gasteiger partial charge in [-0.1, -0.05) is 27.2 Å². The van der Waals surface area contributed by atoms with Crippen LogP contribution >= 0.6 is 0 Å². The van der Waals surface area contributed by atoms with E-state index in [0.717, 1.165) is 12.8 Å². The van der Waals surface area contributed by atoms with Crippen molar-refractivity contribution in [1.82, 2.24) is 4.81 Å². The SMILES string of the molecule is [B]N(C)C(CC)(CC)CCC. The zero-order valence-corrected chi connectivity index (χ0v) is 8.35. The van der Waals surface area contributed by atoms with Crippen molar-refractivity contribution in [2.75, 3.05) is 7.05 Å². The Balaban J connectivity index is 4.20. The summed E-state index contributed by atoms with van der Waals surface area (Å²) in [7, 11) is 7.79. The maximum atomic E-state index is 5.81. The highest BCUT2D eigenvalue weighted by molar-refractivity contribution is 6.04. The first-order valence-corrected chi connectivity index (χ1v) is 4.61. The van der Waals surface area contributed by atoms with Crippen molar-refractivity contribution in [1.29, 1.82) is 0 Å². The van der Waals surface area contributed by atoms with Crippen LogP contribution in [-0.4, -0.2) is 25.4 Å². The Morgan fingerprint density at radius 1 is 1.18 bits per heavy atom. The Bertz CT molecular complexity index is 97.7. The van der Waals surface area contributed by atoms with Gasteiger partial charge in [-0.15, -0.1) is 0 Å². The topological polar surface area (TPSA) is 3.24 Å². The van der Waals surface area contributed by atoms with E-state index in [9.17, 15) is 0 Å². The van der Waals surface area contributed by atoms with E-state index in [1.165, 1.54) is 12.8 Å². The average Bonchev–Trinajstić information content (AvgIpc) is 2.00. The van der Waals surface area contributed by atoms with Crippen LogP contribution in [0.1, 0.15) is 46.5 Å². The fourth-order valence-corrected chi connectivity index (χ4v) is 1.74. The van der Waals surface area contributed by atoms with E-state index in [-0.39, 0.29) is 5.54 Å². The standard InChI is InChI=1S/C9H20BN/c1-5-8-9(6-2,7-3)11(4)10/h5-8H2,1-4H3. The average molecular weight is 153 g/mol. The monoisotopic (exact) mass is 153 g/mol. The second-order valence-electron chi connectivity index (χ2n) is 3.29. The largest absolute Gasteiger partial charge is 0.351 e. The van der Waals surface area contributed by atoms with E-state index in [1.807, 2.05) is 11.9 Å². The molecule has 2 radical (unpaired) electrons. The second kappa shape index (κ2) is 4.81. The van der Waals surface area contributed by atoms with Gasteiger partial charge < -0.3 is 4.81 Å². The highest BCUT2D eigenvalue weighted by Gasteiger charge is 2.26. The lowest BCUT2D eigenvalue weighted by atomic mass is 9.84. The van der Waals surface area contributed by atoms with E-state index in [0.29, 0.717) is 0 Å². The van der Waals surface area contributed by atoms with Crippen LogP contribution in [0.25, 0.3) is 0 Å². The van der Waals surface area contributed by atoms with Crippen molar-refractivity contribution >= 4 is 7.98 Å². The van der Waals surface area contributed by atoms with Crippen molar-refractivity contribution in [3.8, 4) is 0 Å². The van der Waals surface area contributed by atoms with Gasteiger partial charge in [-0.3, -0.25) is 0 Å². The van der Waals surface area contributed by atoms with Crippen molar-refractivity contribution in [2.45, 2.75) is 52.0 Å². The zero-order valence-electron chi connectivity index (χ0n) is 8.35. The molecule has 64 valence electrons. The molecular weight excluding hydrogens is 133 g/mol. The van der Waals surface area contributed by atoms with Gasteiger partial charge in [-0.05, 0) is 26.3 Å². The summed E-state index contributed by atoms with van der Waals surface area (Å²) >= 11 is 0.